The number of ether oxygens (including phenoxy) is 3. The zero-order valence-electron chi connectivity index (χ0n) is 12.3. The van der Waals surface area contributed by atoms with Crippen molar-refractivity contribution in [2.75, 3.05) is 40.1 Å². The lowest BCUT2D eigenvalue weighted by molar-refractivity contribution is 0.0496. The van der Waals surface area contributed by atoms with E-state index in [1.165, 1.54) is 5.56 Å². The quantitative estimate of drug-likeness (QED) is 0.741. The van der Waals surface area contributed by atoms with Crippen LogP contribution in [0, 0.1) is 5.92 Å². The van der Waals surface area contributed by atoms with Crippen molar-refractivity contribution < 1.29 is 14.2 Å². The Morgan fingerprint density at radius 1 is 1.25 bits per heavy atom. The number of methoxy groups -OCH3 is 1. The first-order valence-electron chi connectivity index (χ1n) is 7.38. The Morgan fingerprint density at radius 3 is 2.85 bits per heavy atom. The third-order valence-corrected chi connectivity index (χ3v) is 3.59. The summed E-state index contributed by atoms with van der Waals surface area (Å²) in [6.07, 6.45) is 2.21. The van der Waals surface area contributed by atoms with Crippen LogP contribution in [-0.4, -0.2) is 40.1 Å². The summed E-state index contributed by atoms with van der Waals surface area (Å²) in [7, 11) is 1.71. The molecule has 1 aliphatic heterocycles. The average Bonchev–Trinajstić information content (AvgIpc) is 2.51. The van der Waals surface area contributed by atoms with Crippen molar-refractivity contribution in [3.8, 4) is 5.75 Å². The fraction of sp³-hybridized carbons (Fsp3) is 0.625. The van der Waals surface area contributed by atoms with E-state index in [1.54, 1.807) is 7.11 Å². The summed E-state index contributed by atoms with van der Waals surface area (Å²) in [6.45, 7) is 4.92. The minimum Gasteiger partial charge on any atom is -0.493 e. The molecule has 112 valence electrons. The molecule has 20 heavy (non-hydrogen) atoms. The molecule has 0 aliphatic carbocycles. The smallest absolute Gasteiger partial charge is 0.123 e. The molecular formula is C16H25NO3. The number of benzene rings is 1. The van der Waals surface area contributed by atoms with Crippen LogP contribution in [0.25, 0.3) is 0 Å². The summed E-state index contributed by atoms with van der Waals surface area (Å²) >= 11 is 0. The van der Waals surface area contributed by atoms with Crippen LogP contribution >= 0.6 is 0 Å². The van der Waals surface area contributed by atoms with Gasteiger partial charge in [0.15, 0.2) is 0 Å². The van der Waals surface area contributed by atoms with Crippen LogP contribution in [0.5, 0.6) is 5.75 Å². The Morgan fingerprint density at radius 2 is 2.05 bits per heavy atom. The molecule has 4 heteroatoms. The maximum atomic E-state index is 6.01. The average molecular weight is 279 g/mol. The van der Waals surface area contributed by atoms with E-state index < -0.39 is 0 Å². The number of nitrogens with one attached hydrogen (secondary N) is 1. The number of hydrogen-bond acceptors (Lipinski definition) is 4. The molecule has 0 radical (unpaired) electrons. The van der Waals surface area contributed by atoms with E-state index >= 15 is 0 Å². The van der Waals surface area contributed by atoms with Gasteiger partial charge in [-0.1, -0.05) is 18.2 Å². The van der Waals surface area contributed by atoms with E-state index in [9.17, 15) is 0 Å². The molecule has 1 fully saturated rings. The molecule has 0 spiro atoms. The van der Waals surface area contributed by atoms with Gasteiger partial charge in [0.2, 0.25) is 0 Å². The minimum atomic E-state index is 0.623. The molecule has 1 aromatic carbocycles. The van der Waals surface area contributed by atoms with Gasteiger partial charge in [0.05, 0.1) is 13.2 Å². The second kappa shape index (κ2) is 8.95. The number of hydrogen-bond donors (Lipinski definition) is 1. The normalized spacial score (nSPS) is 16.2. The van der Waals surface area contributed by atoms with E-state index in [0.29, 0.717) is 5.92 Å². The van der Waals surface area contributed by atoms with Gasteiger partial charge in [-0.05, 0) is 24.8 Å². The van der Waals surface area contributed by atoms with Crippen molar-refractivity contribution in [1.29, 1.82) is 0 Å². The third-order valence-electron chi connectivity index (χ3n) is 3.59. The van der Waals surface area contributed by atoms with Crippen LogP contribution in [0.4, 0.5) is 0 Å². The second-order valence-electron chi connectivity index (χ2n) is 5.14. The molecule has 0 aromatic heterocycles. The van der Waals surface area contributed by atoms with E-state index in [-0.39, 0.29) is 0 Å². The molecule has 1 aromatic rings. The topological polar surface area (TPSA) is 39.7 Å². The summed E-state index contributed by atoms with van der Waals surface area (Å²) in [5, 5.41) is 3.36. The Bertz CT molecular complexity index is 378. The van der Waals surface area contributed by atoms with Gasteiger partial charge in [0.1, 0.15) is 5.75 Å². The second-order valence-corrected chi connectivity index (χ2v) is 5.14. The van der Waals surface area contributed by atoms with E-state index in [1.807, 2.05) is 12.1 Å². The van der Waals surface area contributed by atoms with E-state index in [4.69, 9.17) is 14.2 Å². The highest BCUT2D eigenvalue weighted by atomic mass is 16.5. The molecule has 0 saturated carbocycles. The number of rotatable bonds is 8. The largest absolute Gasteiger partial charge is 0.493 e. The molecule has 1 N–H and O–H groups in total. The fourth-order valence-electron chi connectivity index (χ4n) is 2.31. The summed E-state index contributed by atoms with van der Waals surface area (Å²) < 4.78 is 16.4. The Kier molecular flexibility index (Phi) is 6.84. The van der Waals surface area contributed by atoms with E-state index in [2.05, 4.69) is 17.4 Å². The zero-order chi connectivity index (χ0) is 14.0. The Labute approximate surface area is 121 Å². The van der Waals surface area contributed by atoms with Crippen molar-refractivity contribution in [2.24, 2.45) is 5.92 Å². The van der Waals surface area contributed by atoms with Crippen LogP contribution in [0.3, 0.4) is 0 Å². The fourth-order valence-corrected chi connectivity index (χ4v) is 2.31. The van der Waals surface area contributed by atoms with Crippen LogP contribution < -0.4 is 10.1 Å². The molecule has 0 bridgehead atoms. The minimum absolute atomic E-state index is 0.623. The molecular weight excluding hydrogens is 254 g/mol. The monoisotopic (exact) mass is 279 g/mol. The summed E-state index contributed by atoms with van der Waals surface area (Å²) in [5.41, 5.74) is 1.20. The molecule has 2 rings (SSSR count). The lowest BCUT2D eigenvalue weighted by Crippen LogP contribution is -2.22. The molecule has 4 nitrogen and oxygen atoms in total. The first-order valence-corrected chi connectivity index (χ1v) is 7.38. The van der Waals surface area contributed by atoms with Gasteiger partial charge in [-0.25, -0.2) is 0 Å². The number of para-hydroxylation sites is 1. The van der Waals surface area contributed by atoms with Crippen molar-refractivity contribution in [2.45, 2.75) is 19.4 Å². The first kappa shape index (κ1) is 15.3. The van der Waals surface area contributed by atoms with Crippen LogP contribution in [0.2, 0.25) is 0 Å². The summed E-state index contributed by atoms with van der Waals surface area (Å²) in [5.74, 6) is 1.61. The lowest BCUT2D eigenvalue weighted by atomic mass is 10.0. The summed E-state index contributed by atoms with van der Waals surface area (Å²) in [4.78, 5) is 0. The maximum absolute atomic E-state index is 6.01. The molecule has 1 heterocycles. The predicted octanol–water partition coefficient (Wildman–Crippen LogP) is 2.23. The standard InChI is InChI=1S/C16H25NO3/c1-18-11-8-17-12-15-4-2-3-5-16(15)20-13-14-6-9-19-10-7-14/h2-5,14,17H,6-13H2,1H3. The van der Waals surface area contributed by atoms with Gasteiger partial charge >= 0.3 is 0 Å². The molecule has 0 atom stereocenters. The highest BCUT2D eigenvalue weighted by Gasteiger charge is 2.15. The Hall–Kier alpha value is -1.10. The van der Waals surface area contributed by atoms with Crippen molar-refractivity contribution in [3.63, 3.8) is 0 Å². The summed E-state index contributed by atoms with van der Waals surface area (Å²) in [6, 6.07) is 8.23. The molecule has 1 saturated heterocycles. The lowest BCUT2D eigenvalue weighted by Gasteiger charge is -2.22. The van der Waals surface area contributed by atoms with Crippen molar-refractivity contribution >= 4 is 0 Å². The first-order chi connectivity index (χ1) is 9.90. The van der Waals surface area contributed by atoms with Crippen LogP contribution in [-0.2, 0) is 16.0 Å². The van der Waals surface area contributed by atoms with Gasteiger partial charge < -0.3 is 19.5 Å². The van der Waals surface area contributed by atoms with Crippen molar-refractivity contribution in [3.05, 3.63) is 29.8 Å². The van der Waals surface area contributed by atoms with Gasteiger partial charge in [0.25, 0.3) is 0 Å². The highest BCUT2D eigenvalue weighted by molar-refractivity contribution is 5.33. The van der Waals surface area contributed by atoms with Gasteiger partial charge in [0, 0.05) is 39.0 Å². The maximum Gasteiger partial charge on any atom is 0.123 e. The SMILES string of the molecule is COCCNCc1ccccc1OCC1CCOCC1. The molecule has 1 aliphatic rings. The van der Waals surface area contributed by atoms with Crippen molar-refractivity contribution in [1.82, 2.24) is 5.32 Å². The molecule has 0 unspecified atom stereocenters. The molecule has 0 amide bonds. The van der Waals surface area contributed by atoms with Gasteiger partial charge in [-0.15, -0.1) is 0 Å². The zero-order valence-corrected chi connectivity index (χ0v) is 12.3. The van der Waals surface area contributed by atoms with Gasteiger partial charge in [-0.2, -0.15) is 0 Å². The van der Waals surface area contributed by atoms with Gasteiger partial charge in [-0.3, -0.25) is 0 Å². The van der Waals surface area contributed by atoms with Crippen LogP contribution in [0.1, 0.15) is 18.4 Å². The Balaban J connectivity index is 1.80. The highest BCUT2D eigenvalue weighted by Crippen LogP contribution is 2.21. The predicted molar refractivity (Wildman–Crippen MR) is 79.1 cm³/mol. The van der Waals surface area contributed by atoms with E-state index in [0.717, 1.165) is 58.1 Å². The van der Waals surface area contributed by atoms with Crippen LogP contribution in [0.15, 0.2) is 24.3 Å². The third kappa shape index (κ3) is 5.12.